The molecule has 1 aliphatic rings. The average Bonchev–Trinajstić information content (AvgIpc) is 3.42. The molecular formula is C27H46S2SiSn. The van der Waals surface area contributed by atoms with Crippen molar-refractivity contribution in [2.75, 3.05) is 0 Å². The first-order chi connectivity index (χ1) is 14.9. The first kappa shape index (κ1) is 26.0. The summed E-state index contributed by atoms with van der Waals surface area (Å²) in [5.41, 5.74) is 0. The van der Waals surface area contributed by atoms with Gasteiger partial charge < -0.3 is 0 Å². The zero-order valence-corrected chi connectivity index (χ0v) is 26.4. The van der Waals surface area contributed by atoms with Crippen LogP contribution in [0.2, 0.25) is 26.9 Å². The molecule has 0 bridgehead atoms. The molecule has 0 unspecified atom stereocenters. The van der Waals surface area contributed by atoms with Crippen LogP contribution in [0.1, 0.15) is 90.9 Å². The van der Waals surface area contributed by atoms with Gasteiger partial charge in [-0.15, -0.1) is 0 Å². The van der Waals surface area contributed by atoms with E-state index >= 15 is 0 Å². The van der Waals surface area contributed by atoms with Crippen LogP contribution in [0, 0.1) is 0 Å². The Morgan fingerprint density at radius 2 is 1.26 bits per heavy atom. The summed E-state index contributed by atoms with van der Waals surface area (Å²) in [4.78, 5) is 11.3. The Bertz CT molecular complexity index is 783. The van der Waals surface area contributed by atoms with Crippen LogP contribution in [-0.2, 0) is 0 Å². The predicted octanol–water partition coefficient (Wildman–Crippen LogP) is 8.62. The van der Waals surface area contributed by atoms with Crippen LogP contribution < -0.4 is 13.3 Å². The fourth-order valence-electron chi connectivity index (χ4n) is 5.37. The molecule has 31 heavy (non-hydrogen) atoms. The van der Waals surface area contributed by atoms with E-state index in [2.05, 4.69) is 68.9 Å². The van der Waals surface area contributed by atoms with E-state index in [0.717, 1.165) is 0 Å². The second-order valence-corrected chi connectivity index (χ2v) is 32.5. The molecule has 0 aromatic carbocycles. The molecule has 0 fully saturated rings. The Morgan fingerprint density at radius 3 is 1.81 bits per heavy atom. The molecule has 174 valence electrons. The quantitative estimate of drug-likeness (QED) is 0.146. The first-order valence-corrected chi connectivity index (χ1v) is 27.3. The average molecular weight is 582 g/mol. The van der Waals surface area contributed by atoms with Gasteiger partial charge in [-0.25, -0.2) is 0 Å². The van der Waals surface area contributed by atoms with Crippen molar-refractivity contribution in [3.8, 4) is 9.75 Å². The van der Waals surface area contributed by atoms with E-state index in [1.54, 1.807) is 9.75 Å². The topological polar surface area (TPSA) is 0 Å². The normalized spacial score (nSPS) is 14.7. The maximum atomic E-state index is 2.78. The van der Waals surface area contributed by atoms with Crippen molar-refractivity contribution in [2.45, 2.75) is 118 Å². The van der Waals surface area contributed by atoms with E-state index in [4.69, 9.17) is 0 Å². The number of hydrogen-bond donors (Lipinski definition) is 0. The molecule has 0 radical (unpaired) electrons. The second-order valence-electron chi connectivity index (χ2n) is 10.9. The Hall–Kier alpha value is 0.416. The van der Waals surface area contributed by atoms with Crippen molar-refractivity contribution in [2.24, 2.45) is 0 Å². The van der Waals surface area contributed by atoms with Gasteiger partial charge >= 0.3 is 207 Å². The molecule has 0 saturated carbocycles. The monoisotopic (exact) mass is 582 g/mol. The zero-order valence-electron chi connectivity index (χ0n) is 20.9. The summed E-state index contributed by atoms with van der Waals surface area (Å²) < 4.78 is 1.82. The number of fused-ring (bicyclic) bond motifs is 3. The number of rotatable bonds is 15. The Balaban J connectivity index is 1.80. The van der Waals surface area contributed by atoms with Crippen molar-refractivity contribution in [3.05, 3.63) is 17.5 Å². The first-order valence-electron chi connectivity index (χ1n) is 13.2. The van der Waals surface area contributed by atoms with E-state index in [-0.39, 0.29) is 0 Å². The van der Waals surface area contributed by atoms with Crippen molar-refractivity contribution < 1.29 is 0 Å². The summed E-state index contributed by atoms with van der Waals surface area (Å²) in [6.45, 7) is 4.66. The Kier molecular flexibility index (Phi) is 10.3. The van der Waals surface area contributed by atoms with Gasteiger partial charge in [-0.3, -0.25) is 0 Å². The van der Waals surface area contributed by atoms with Crippen molar-refractivity contribution in [1.29, 1.82) is 0 Å². The van der Waals surface area contributed by atoms with Gasteiger partial charge in [-0.2, -0.15) is 0 Å². The second kappa shape index (κ2) is 12.2. The van der Waals surface area contributed by atoms with Gasteiger partial charge in [0.2, 0.25) is 0 Å². The minimum atomic E-state index is -2.03. The van der Waals surface area contributed by atoms with Gasteiger partial charge in [0.05, 0.1) is 0 Å². The molecule has 2 aromatic heterocycles. The molecule has 3 rings (SSSR count). The molecule has 2 aromatic rings. The van der Waals surface area contributed by atoms with Gasteiger partial charge in [0.25, 0.3) is 0 Å². The van der Waals surface area contributed by atoms with Crippen LogP contribution in [0.25, 0.3) is 9.75 Å². The third-order valence-corrected chi connectivity index (χ3v) is 24.6. The number of thiophene rings is 2. The summed E-state index contributed by atoms with van der Waals surface area (Å²) in [6.07, 6.45) is 17.2. The van der Waals surface area contributed by atoms with Crippen LogP contribution in [-0.4, -0.2) is 26.5 Å². The summed E-state index contributed by atoms with van der Waals surface area (Å²) in [6, 6.07) is 8.37. The summed E-state index contributed by atoms with van der Waals surface area (Å²) >= 11 is 2.24. The molecular weight excluding hydrogens is 535 g/mol. The third-order valence-electron chi connectivity index (χ3n) is 7.29. The van der Waals surface area contributed by atoms with E-state index in [0.29, 0.717) is 0 Å². The molecule has 0 spiro atoms. The molecule has 0 N–H and O–H groups in total. The SMILES string of the molecule is CCCCCCCC[Si]1(CCCCCCCC)c2ccsc2-c2s[c]([Sn]([CH3])([CH3])[CH3])cc21. The molecule has 3 heterocycles. The summed E-state index contributed by atoms with van der Waals surface area (Å²) in [7, 11) is -1.56. The summed E-state index contributed by atoms with van der Waals surface area (Å²) in [5.74, 6) is 0. The van der Waals surface area contributed by atoms with Crippen LogP contribution >= 0.6 is 22.7 Å². The van der Waals surface area contributed by atoms with E-state index in [9.17, 15) is 0 Å². The molecule has 0 atom stereocenters. The fourth-order valence-corrected chi connectivity index (χ4v) is 20.2. The van der Waals surface area contributed by atoms with Crippen LogP contribution in [0.15, 0.2) is 17.5 Å². The Labute approximate surface area is 206 Å². The maximum absolute atomic E-state index is 2.78. The molecule has 0 amide bonds. The zero-order chi connectivity index (χ0) is 22.3. The molecule has 1 aliphatic heterocycles. The fraction of sp³-hybridized carbons (Fsp3) is 0.704. The number of unbranched alkanes of at least 4 members (excludes halogenated alkanes) is 10. The van der Waals surface area contributed by atoms with Gasteiger partial charge in [-0.05, 0) is 0 Å². The van der Waals surface area contributed by atoms with Crippen LogP contribution in [0.3, 0.4) is 0 Å². The van der Waals surface area contributed by atoms with Gasteiger partial charge in [0, 0.05) is 0 Å². The third kappa shape index (κ3) is 6.30. The minimum absolute atomic E-state index is 1.36. The van der Waals surface area contributed by atoms with Crippen LogP contribution in [0.5, 0.6) is 0 Å². The van der Waals surface area contributed by atoms with E-state index in [1.807, 2.05) is 13.3 Å². The standard InChI is InChI=1S/C24H37S2Si.3CH3.Sn/c1-3-5-7-9-11-13-19-27(20-14-12-10-8-6-4-2)21-15-17-25-23(21)24-22(27)16-18-26-24;;;;/h15-17H,3-14,19-20H2,1-2H3;3*1H3;. The number of hydrogen-bond acceptors (Lipinski definition) is 2. The van der Waals surface area contributed by atoms with Crippen molar-refractivity contribution >= 4 is 62.4 Å². The van der Waals surface area contributed by atoms with Gasteiger partial charge in [-0.1, -0.05) is 0 Å². The Morgan fingerprint density at radius 1 is 0.710 bits per heavy atom. The summed E-state index contributed by atoms with van der Waals surface area (Å²) in [5, 5.41) is 6.15. The van der Waals surface area contributed by atoms with E-state index in [1.165, 1.54) is 89.1 Å². The van der Waals surface area contributed by atoms with Gasteiger partial charge in [0.15, 0.2) is 0 Å². The molecule has 0 saturated heterocycles. The molecule has 0 nitrogen and oxygen atoms in total. The van der Waals surface area contributed by atoms with Crippen molar-refractivity contribution in [1.82, 2.24) is 0 Å². The van der Waals surface area contributed by atoms with E-state index < -0.39 is 26.5 Å². The van der Waals surface area contributed by atoms with Gasteiger partial charge in [0.1, 0.15) is 0 Å². The van der Waals surface area contributed by atoms with Crippen LogP contribution in [0.4, 0.5) is 0 Å². The molecule has 0 aliphatic carbocycles. The molecule has 4 heteroatoms. The van der Waals surface area contributed by atoms with Crippen molar-refractivity contribution in [3.63, 3.8) is 0 Å². The predicted molar refractivity (Wildman–Crippen MR) is 152 cm³/mol.